The Labute approximate surface area is 103 Å². The lowest BCUT2D eigenvalue weighted by atomic mass is 10.0. The van der Waals surface area contributed by atoms with Crippen LogP contribution in [0.5, 0.6) is 0 Å². The number of likely N-dealkylation sites (tertiary alicyclic amines) is 1. The second-order valence-electron chi connectivity index (χ2n) is 5.60. The lowest BCUT2D eigenvalue weighted by Crippen LogP contribution is -2.48. The summed E-state index contributed by atoms with van der Waals surface area (Å²) in [6, 6.07) is 1.13. The molecule has 3 fully saturated rings. The van der Waals surface area contributed by atoms with E-state index < -0.39 is 0 Å². The first-order valence-corrected chi connectivity index (χ1v) is 6.95. The smallest absolute Gasteiger partial charge is 0.225 e. The van der Waals surface area contributed by atoms with Crippen LogP contribution >= 0.6 is 0 Å². The third-order valence-corrected chi connectivity index (χ3v) is 4.13. The summed E-state index contributed by atoms with van der Waals surface area (Å²) in [6.07, 6.45) is 5.60. The summed E-state index contributed by atoms with van der Waals surface area (Å²) < 4.78 is 5.37. The van der Waals surface area contributed by atoms with E-state index >= 15 is 0 Å². The number of rotatable bonds is 3. The van der Waals surface area contributed by atoms with Gasteiger partial charge in [-0.3, -0.25) is 4.79 Å². The second kappa shape index (κ2) is 4.94. The third kappa shape index (κ3) is 2.80. The van der Waals surface area contributed by atoms with Crippen LogP contribution in [-0.4, -0.2) is 49.2 Å². The maximum absolute atomic E-state index is 11.9. The lowest BCUT2D eigenvalue weighted by Gasteiger charge is -2.33. The Morgan fingerprint density at radius 2 is 1.82 bits per heavy atom. The van der Waals surface area contributed by atoms with Crippen molar-refractivity contribution in [1.29, 1.82) is 0 Å². The fraction of sp³-hybridized carbons (Fsp3) is 0.923. The number of nitrogens with one attached hydrogen (secondary N) is 1. The van der Waals surface area contributed by atoms with Crippen LogP contribution in [0.25, 0.3) is 0 Å². The molecule has 4 heteroatoms. The van der Waals surface area contributed by atoms with E-state index in [2.05, 4.69) is 10.2 Å². The van der Waals surface area contributed by atoms with Gasteiger partial charge in [0, 0.05) is 37.7 Å². The van der Waals surface area contributed by atoms with Gasteiger partial charge < -0.3 is 15.0 Å². The molecule has 3 aliphatic rings. The molecule has 1 aliphatic carbocycles. The van der Waals surface area contributed by atoms with E-state index in [1.807, 2.05) is 0 Å². The predicted octanol–water partition coefficient (Wildman–Crippen LogP) is 0.766. The normalized spacial score (nSPS) is 30.8. The molecule has 17 heavy (non-hydrogen) atoms. The number of hydrogen-bond acceptors (Lipinski definition) is 3. The minimum atomic E-state index is 0.378. The van der Waals surface area contributed by atoms with Gasteiger partial charge in [0.1, 0.15) is 0 Å². The Morgan fingerprint density at radius 3 is 2.41 bits per heavy atom. The maximum atomic E-state index is 11.9. The number of piperidine rings is 1. The Hall–Kier alpha value is -0.610. The van der Waals surface area contributed by atoms with Gasteiger partial charge in [0.05, 0.1) is 6.61 Å². The van der Waals surface area contributed by atoms with E-state index in [0.29, 0.717) is 23.9 Å². The number of carbonyl (C=O) groups is 1. The van der Waals surface area contributed by atoms with Crippen LogP contribution in [0.15, 0.2) is 0 Å². The fourth-order valence-corrected chi connectivity index (χ4v) is 2.85. The first-order valence-electron chi connectivity index (χ1n) is 6.95. The molecular weight excluding hydrogens is 216 g/mol. The van der Waals surface area contributed by atoms with Crippen molar-refractivity contribution < 1.29 is 9.53 Å². The zero-order valence-electron chi connectivity index (χ0n) is 10.4. The summed E-state index contributed by atoms with van der Waals surface area (Å²) in [5, 5.41) is 3.66. The van der Waals surface area contributed by atoms with Gasteiger partial charge in [-0.2, -0.15) is 0 Å². The van der Waals surface area contributed by atoms with E-state index in [-0.39, 0.29) is 0 Å². The summed E-state index contributed by atoms with van der Waals surface area (Å²) in [5.41, 5.74) is 0. The zero-order chi connectivity index (χ0) is 11.7. The number of hydrogen-bond donors (Lipinski definition) is 1. The standard InChI is InChI=1S/C13H22N2O2/c16-13(10-1-2-10)15-6-3-11(4-7-15)14-12-5-8-17-9-12/h10-12,14H,1-9H2. The summed E-state index contributed by atoms with van der Waals surface area (Å²) >= 11 is 0. The quantitative estimate of drug-likeness (QED) is 0.789. The first kappa shape index (κ1) is 11.5. The van der Waals surface area contributed by atoms with Crippen LogP contribution in [0, 0.1) is 5.92 Å². The van der Waals surface area contributed by atoms with Gasteiger partial charge in [-0.05, 0) is 32.1 Å². The molecule has 1 unspecified atom stereocenters. The highest BCUT2D eigenvalue weighted by atomic mass is 16.5. The molecule has 1 saturated carbocycles. The Balaban J connectivity index is 1.41. The molecule has 4 nitrogen and oxygen atoms in total. The summed E-state index contributed by atoms with van der Waals surface area (Å²) in [6.45, 7) is 3.65. The van der Waals surface area contributed by atoms with Gasteiger partial charge in [-0.1, -0.05) is 0 Å². The van der Waals surface area contributed by atoms with Crippen LogP contribution < -0.4 is 5.32 Å². The van der Waals surface area contributed by atoms with Crippen molar-refractivity contribution in [3.8, 4) is 0 Å². The molecule has 1 N–H and O–H groups in total. The van der Waals surface area contributed by atoms with Gasteiger partial charge in [0.15, 0.2) is 0 Å². The third-order valence-electron chi connectivity index (χ3n) is 4.13. The van der Waals surface area contributed by atoms with Gasteiger partial charge >= 0.3 is 0 Å². The molecule has 2 aliphatic heterocycles. The number of ether oxygens (including phenoxy) is 1. The molecule has 0 aromatic rings. The number of carbonyl (C=O) groups excluding carboxylic acids is 1. The summed E-state index contributed by atoms with van der Waals surface area (Å²) in [7, 11) is 0. The SMILES string of the molecule is O=C(C1CC1)N1CCC(NC2CCOC2)CC1. The molecule has 0 spiro atoms. The van der Waals surface area contributed by atoms with Gasteiger partial charge in [-0.25, -0.2) is 0 Å². The first-order chi connectivity index (χ1) is 8.33. The summed E-state index contributed by atoms with van der Waals surface area (Å²) in [4.78, 5) is 14.0. The zero-order valence-corrected chi connectivity index (χ0v) is 10.4. The van der Waals surface area contributed by atoms with Gasteiger partial charge in [-0.15, -0.1) is 0 Å². The Bertz CT molecular complexity index is 277. The van der Waals surface area contributed by atoms with Crippen LogP contribution in [0.1, 0.15) is 32.1 Å². The van der Waals surface area contributed by atoms with Crippen LogP contribution in [0.2, 0.25) is 0 Å². The largest absolute Gasteiger partial charge is 0.380 e. The van der Waals surface area contributed by atoms with Crippen molar-refractivity contribution in [3.63, 3.8) is 0 Å². The highest BCUT2D eigenvalue weighted by Crippen LogP contribution is 2.31. The topological polar surface area (TPSA) is 41.6 Å². The minimum Gasteiger partial charge on any atom is -0.380 e. The lowest BCUT2D eigenvalue weighted by molar-refractivity contribution is -0.133. The molecule has 0 aromatic heterocycles. The van der Waals surface area contributed by atoms with Crippen molar-refractivity contribution in [2.24, 2.45) is 5.92 Å². The predicted molar refractivity (Wildman–Crippen MR) is 64.7 cm³/mol. The number of amides is 1. The second-order valence-corrected chi connectivity index (χ2v) is 5.60. The molecule has 3 rings (SSSR count). The van der Waals surface area contributed by atoms with E-state index in [9.17, 15) is 4.79 Å². The van der Waals surface area contributed by atoms with Crippen LogP contribution in [-0.2, 0) is 9.53 Å². The van der Waals surface area contributed by atoms with Crippen LogP contribution in [0.3, 0.4) is 0 Å². The van der Waals surface area contributed by atoms with Crippen molar-refractivity contribution in [3.05, 3.63) is 0 Å². The molecule has 2 heterocycles. The molecule has 0 bridgehead atoms. The summed E-state index contributed by atoms with van der Waals surface area (Å²) in [5.74, 6) is 0.787. The maximum Gasteiger partial charge on any atom is 0.225 e. The average molecular weight is 238 g/mol. The van der Waals surface area contributed by atoms with Crippen molar-refractivity contribution >= 4 is 5.91 Å². The molecule has 96 valence electrons. The van der Waals surface area contributed by atoms with Crippen molar-refractivity contribution in [2.45, 2.75) is 44.2 Å². The molecule has 1 atom stereocenters. The molecule has 2 saturated heterocycles. The fourth-order valence-electron chi connectivity index (χ4n) is 2.85. The molecular formula is C13H22N2O2. The van der Waals surface area contributed by atoms with E-state index in [0.717, 1.165) is 58.4 Å². The molecule has 1 amide bonds. The van der Waals surface area contributed by atoms with Crippen LogP contribution in [0.4, 0.5) is 0 Å². The monoisotopic (exact) mass is 238 g/mol. The van der Waals surface area contributed by atoms with Gasteiger partial charge in [0.2, 0.25) is 5.91 Å². The van der Waals surface area contributed by atoms with Crippen molar-refractivity contribution in [1.82, 2.24) is 10.2 Å². The highest BCUT2D eigenvalue weighted by Gasteiger charge is 2.35. The molecule has 0 radical (unpaired) electrons. The Kier molecular flexibility index (Phi) is 3.34. The van der Waals surface area contributed by atoms with E-state index in [1.165, 1.54) is 0 Å². The Morgan fingerprint density at radius 1 is 1.06 bits per heavy atom. The number of nitrogens with zero attached hydrogens (tertiary/aromatic N) is 1. The average Bonchev–Trinajstić information content (AvgIpc) is 3.09. The molecule has 0 aromatic carbocycles. The van der Waals surface area contributed by atoms with E-state index in [1.54, 1.807) is 0 Å². The minimum absolute atomic E-state index is 0.378. The highest BCUT2D eigenvalue weighted by molar-refractivity contribution is 5.81. The van der Waals surface area contributed by atoms with E-state index in [4.69, 9.17) is 4.74 Å². The van der Waals surface area contributed by atoms with Gasteiger partial charge in [0.25, 0.3) is 0 Å². The van der Waals surface area contributed by atoms with Crippen molar-refractivity contribution in [2.75, 3.05) is 26.3 Å².